The maximum absolute atomic E-state index is 13.7. The van der Waals surface area contributed by atoms with E-state index in [4.69, 9.17) is 9.97 Å². The van der Waals surface area contributed by atoms with Crippen molar-refractivity contribution in [2.24, 2.45) is 5.92 Å². The van der Waals surface area contributed by atoms with Gasteiger partial charge in [0, 0.05) is 23.7 Å². The lowest BCUT2D eigenvalue weighted by Gasteiger charge is -2.21. The number of nitrogens with one attached hydrogen (secondary N) is 2. The first-order valence-corrected chi connectivity index (χ1v) is 14.2. The Bertz CT molecular complexity index is 1430. The monoisotopic (exact) mass is 547 g/mol. The highest BCUT2D eigenvalue weighted by Crippen LogP contribution is 2.37. The number of rotatable bonds is 10. The molecule has 2 heterocycles. The van der Waals surface area contributed by atoms with Gasteiger partial charge in [0.1, 0.15) is 11.6 Å². The van der Waals surface area contributed by atoms with Gasteiger partial charge in [-0.25, -0.2) is 9.97 Å². The SMILES string of the molecule is Cc1ccccc1CCNc1nc(CNCCC2CCCCC2)nc2cc(-c3ncccc3C(F)(F)F)ccc12. The van der Waals surface area contributed by atoms with Crippen LogP contribution in [0.3, 0.4) is 0 Å². The minimum Gasteiger partial charge on any atom is -0.369 e. The van der Waals surface area contributed by atoms with Gasteiger partial charge in [-0.15, -0.1) is 0 Å². The lowest BCUT2D eigenvalue weighted by atomic mass is 9.87. The topological polar surface area (TPSA) is 62.7 Å². The van der Waals surface area contributed by atoms with E-state index in [1.165, 1.54) is 55.5 Å². The standard InChI is InChI=1S/C32H36F3N5/c1-22-8-5-6-11-24(22)16-19-38-31-26-14-13-25(30-27(32(33,34)35)12-7-17-37-30)20-28(26)39-29(40-31)21-36-18-15-23-9-3-2-4-10-23/h5-8,11-14,17,20,23,36H,2-4,9-10,15-16,18-19,21H2,1H3,(H,38,39,40). The van der Waals surface area contributed by atoms with Crippen LogP contribution in [0.25, 0.3) is 22.2 Å². The number of fused-ring (bicyclic) bond motifs is 1. The molecule has 0 radical (unpaired) electrons. The highest BCUT2D eigenvalue weighted by atomic mass is 19.4. The van der Waals surface area contributed by atoms with Gasteiger partial charge in [-0.3, -0.25) is 4.98 Å². The van der Waals surface area contributed by atoms with Crippen molar-refractivity contribution in [2.45, 2.75) is 64.6 Å². The van der Waals surface area contributed by atoms with E-state index in [1.54, 1.807) is 18.2 Å². The van der Waals surface area contributed by atoms with Gasteiger partial charge in [0.25, 0.3) is 0 Å². The first-order valence-electron chi connectivity index (χ1n) is 14.2. The van der Waals surface area contributed by atoms with Gasteiger partial charge < -0.3 is 10.6 Å². The van der Waals surface area contributed by atoms with Crippen LogP contribution in [0, 0.1) is 12.8 Å². The van der Waals surface area contributed by atoms with Crippen LogP contribution in [-0.2, 0) is 19.1 Å². The molecule has 1 aliphatic carbocycles. The van der Waals surface area contributed by atoms with Crippen molar-refractivity contribution in [3.05, 3.63) is 83.3 Å². The zero-order chi connectivity index (χ0) is 28.0. The summed E-state index contributed by atoms with van der Waals surface area (Å²) in [5, 5.41) is 7.73. The highest BCUT2D eigenvalue weighted by Gasteiger charge is 2.34. The third-order valence-corrected chi connectivity index (χ3v) is 7.82. The lowest BCUT2D eigenvalue weighted by Crippen LogP contribution is -2.21. The van der Waals surface area contributed by atoms with Crippen molar-refractivity contribution in [3.63, 3.8) is 0 Å². The Morgan fingerprint density at radius 3 is 2.55 bits per heavy atom. The molecule has 0 aliphatic heterocycles. The molecule has 0 atom stereocenters. The van der Waals surface area contributed by atoms with Crippen molar-refractivity contribution in [1.82, 2.24) is 20.3 Å². The largest absolute Gasteiger partial charge is 0.418 e. The minimum atomic E-state index is -4.50. The molecule has 8 heteroatoms. The summed E-state index contributed by atoms with van der Waals surface area (Å²) in [5.74, 6) is 2.08. The molecule has 1 fully saturated rings. The highest BCUT2D eigenvalue weighted by molar-refractivity contribution is 5.92. The van der Waals surface area contributed by atoms with E-state index in [0.717, 1.165) is 36.8 Å². The molecule has 0 amide bonds. The van der Waals surface area contributed by atoms with Crippen LogP contribution < -0.4 is 10.6 Å². The lowest BCUT2D eigenvalue weighted by molar-refractivity contribution is -0.137. The second kappa shape index (κ2) is 12.8. The van der Waals surface area contributed by atoms with Crippen molar-refractivity contribution in [1.29, 1.82) is 0 Å². The van der Waals surface area contributed by atoms with Crippen molar-refractivity contribution in [2.75, 3.05) is 18.4 Å². The number of halogens is 3. The molecule has 1 aliphatic rings. The molecular formula is C32H36F3N5. The number of aryl methyl sites for hydroxylation is 1. The van der Waals surface area contributed by atoms with Crippen LogP contribution in [0.1, 0.15) is 61.0 Å². The van der Waals surface area contributed by atoms with Gasteiger partial charge in [-0.05, 0) is 67.6 Å². The molecule has 5 nitrogen and oxygen atoms in total. The first-order chi connectivity index (χ1) is 19.4. The summed E-state index contributed by atoms with van der Waals surface area (Å²) < 4.78 is 41.1. The maximum atomic E-state index is 13.7. The number of pyridine rings is 1. The van der Waals surface area contributed by atoms with E-state index < -0.39 is 11.7 Å². The Hall–Kier alpha value is -3.52. The fraction of sp³-hybridized carbons (Fsp3) is 0.406. The molecule has 0 spiro atoms. The quantitative estimate of drug-likeness (QED) is 0.199. The molecule has 40 heavy (non-hydrogen) atoms. The van der Waals surface area contributed by atoms with Crippen molar-refractivity contribution < 1.29 is 13.2 Å². The predicted molar refractivity (Wildman–Crippen MR) is 154 cm³/mol. The summed E-state index contributed by atoms with van der Waals surface area (Å²) in [6.45, 7) is 4.16. The third-order valence-electron chi connectivity index (χ3n) is 7.82. The Morgan fingerprint density at radius 1 is 0.925 bits per heavy atom. The molecule has 4 aromatic rings. The number of anilines is 1. The second-order valence-electron chi connectivity index (χ2n) is 10.7. The molecule has 2 N–H and O–H groups in total. The van der Waals surface area contributed by atoms with E-state index in [1.807, 2.05) is 12.1 Å². The van der Waals surface area contributed by atoms with Gasteiger partial charge in [0.05, 0.1) is 23.3 Å². The molecule has 210 valence electrons. The van der Waals surface area contributed by atoms with Gasteiger partial charge >= 0.3 is 6.18 Å². The number of nitrogens with zero attached hydrogens (tertiary/aromatic N) is 3. The normalized spacial score (nSPS) is 14.5. The molecule has 2 aromatic carbocycles. The third kappa shape index (κ3) is 6.97. The van der Waals surface area contributed by atoms with Crippen LogP contribution in [0.5, 0.6) is 0 Å². The van der Waals surface area contributed by atoms with Crippen molar-refractivity contribution >= 4 is 16.7 Å². The Kier molecular flexibility index (Phi) is 8.94. The minimum absolute atomic E-state index is 0.100. The van der Waals surface area contributed by atoms with E-state index in [2.05, 4.69) is 34.7 Å². The molecule has 0 unspecified atom stereocenters. The summed E-state index contributed by atoms with van der Waals surface area (Å²) in [6.07, 6.45) is 5.45. The van der Waals surface area contributed by atoms with Gasteiger partial charge in [-0.1, -0.05) is 62.4 Å². The van der Waals surface area contributed by atoms with Crippen LogP contribution in [-0.4, -0.2) is 28.0 Å². The number of aromatic nitrogens is 3. The number of hydrogen-bond acceptors (Lipinski definition) is 5. The fourth-order valence-corrected chi connectivity index (χ4v) is 5.59. The molecule has 0 bridgehead atoms. The van der Waals surface area contributed by atoms with Crippen LogP contribution in [0.2, 0.25) is 0 Å². The first kappa shape index (κ1) is 28.0. The zero-order valence-corrected chi connectivity index (χ0v) is 22.9. The summed E-state index contributed by atoms with van der Waals surface area (Å²) in [6, 6.07) is 15.8. The van der Waals surface area contributed by atoms with Crippen LogP contribution in [0.4, 0.5) is 19.0 Å². The number of alkyl halides is 3. The zero-order valence-electron chi connectivity index (χ0n) is 22.9. The summed E-state index contributed by atoms with van der Waals surface area (Å²) in [4.78, 5) is 13.6. The average molecular weight is 548 g/mol. The molecule has 2 aromatic heterocycles. The average Bonchev–Trinajstić information content (AvgIpc) is 2.96. The Morgan fingerprint density at radius 2 is 1.75 bits per heavy atom. The van der Waals surface area contributed by atoms with E-state index >= 15 is 0 Å². The molecule has 1 saturated carbocycles. The Balaban J connectivity index is 1.40. The number of benzene rings is 2. The summed E-state index contributed by atoms with van der Waals surface area (Å²) >= 11 is 0. The van der Waals surface area contributed by atoms with Crippen LogP contribution in [0.15, 0.2) is 60.8 Å². The predicted octanol–water partition coefficient (Wildman–Crippen LogP) is 7.73. The number of hydrogen-bond donors (Lipinski definition) is 2. The smallest absolute Gasteiger partial charge is 0.369 e. The van der Waals surface area contributed by atoms with Gasteiger partial charge in [-0.2, -0.15) is 13.2 Å². The van der Waals surface area contributed by atoms with Gasteiger partial charge in [0.2, 0.25) is 0 Å². The van der Waals surface area contributed by atoms with E-state index in [0.29, 0.717) is 35.8 Å². The summed E-state index contributed by atoms with van der Waals surface area (Å²) in [5.41, 5.74) is 2.60. The maximum Gasteiger partial charge on any atom is 0.418 e. The van der Waals surface area contributed by atoms with E-state index in [9.17, 15) is 13.2 Å². The molecular weight excluding hydrogens is 511 g/mol. The molecule has 0 saturated heterocycles. The molecule has 5 rings (SSSR count). The summed E-state index contributed by atoms with van der Waals surface area (Å²) in [7, 11) is 0. The van der Waals surface area contributed by atoms with Gasteiger partial charge in [0.15, 0.2) is 0 Å². The second-order valence-corrected chi connectivity index (χ2v) is 10.7. The van der Waals surface area contributed by atoms with E-state index in [-0.39, 0.29) is 5.69 Å². The van der Waals surface area contributed by atoms with Crippen molar-refractivity contribution in [3.8, 4) is 11.3 Å². The van der Waals surface area contributed by atoms with Crippen LogP contribution >= 0.6 is 0 Å². The Labute approximate surface area is 233 Å². The fourth-order valence-electron chi connectivity index (χ4n) is 5.59.